The van der Waals surface area contributed by atoms with Gasteiger partial charge in [-0.1, -0.05) is 6.07 Å². The van der Waals surface area contributed by atoms with Crippen LogP contribution in [0.4, 0.5) is 11.4 Å². The van der Waals surface area contributed by atoms with E-state index in [9.17, 15) is 19.7 Å². The molecule has 0 aliphatic heterocycles. The molecule has 1 aromatic carbocycles. The maximum Gasteiger partial charge on any atom is 0.350 e. The van der Waals surface area contributed by atoms with E-state index in [2.05, 4.69) is 10.1 Å². The van der Waals surface area contributed by atoms with Gasteiger partial charge in [-0.05, 0) is 30.0 Å². The molecule has 8 nitrogen and oxygen atoms in total. The monoisotopic (exact) mass is 350 g/mol. The first-order valence-corrected chi connectivity index (χ1v) is 7.64. The number of thiophene rings is 1. The molecule has 0 bridgehead atoms. The fourth-order valence-electron chi connectivity index (χ4n) is 1.88. The van der Waals surface area contributed by atoms with Gasteiger partial charge in [-0.15, -0.1) is 11.3 Å². The Hall–Kier alpha value is -2.94. The number of hydrogen-bond acceptors (Lipinski definition) is 7. The van der Waals surface area contributed by atoms with Crippen LogP contribution in [-0.2, 0) is 9.53 Å². The summed E-state index contributed by atoms with van der Waals surface area (Å²) in [6.07, 6.45) is 0. The van der Waals surface area contributed by atoms with E-state index in [-0.39, 0.29) is 16.3 Å². The summed E-state index contributed by atoms with van der Waals surface area (Å²) in [4.78, 5) is 34.2. The van der Waals surface area contributed by atoms with Gasteiger partial charge >= 0.3 is 11.7 Å². The molecule has 0 unspecified atom stereocenters. The van der Waals surface area contributed by atoms with Crippen molar-refractivity contribution in [1.29, 1.82) is 0 Å². The van der Waals surface area contributed by atoms with Crippen LogP contribution in [0.15, 0.2) is 29.6 Å². The zero-order chi connectivity index (χ0) is 17.7. The lowest BCUT2D eigenvalue weighted by molar-refractivity contribution is -0.385. The standard InChI is InChI=1S/C15H14N2O6S/c1-9-3-4-12(11(7-9)17(20)21)23-8-13(18)16-10-5-6-24-14(10)15(19)22-2/h3-7H,8H2,1-2H3,(H,16,18). The van der Waals surface area contributed by atoms with Crippen molar-refractivity contribution < 1.29 is 24.0 Å². The third-order valence-corrected chi connectivity index (χ3v) is 3.87. The summed E-state index contributed by atoms with van der Waals surface area (Å²) >= 11 is 1.13. The summed E-state index contributed by atoms with van der Waals surface area (Å²) in [5.74, 6) is -1.11. The van der Waals surface area contributed by atoms with E-state index in [4.69, 9.17) is 4.74 Å². The van der Waals surface area contributed by atoms with Crippen LogP contribution in [0, 0.1) is 17.0 Å². The second-order valence-corrected chi connectivity index (χ2v) is 5.64. The minimum atomic E-state index is -0.575. The number of nitro benzene ring substituents is 1. The van der Waals surface area contributed by atoms with Gasteiger partial charge in [0.25, 0.3) is 5.91 Å². The van der Waals surface area contributed by atoms with E-state index in [1.165, 1.54) is 19.2 Å². The van der Waals surface area contributed by atoms with Crippen LogP contribution in [0.3, 0.4) is 0 Å². The molecule has 0 fully saturated rings. The van der Waals surface area contributed by atoms with Crippen molar-refractivity contribution in [1.82, 2.24) is 0 Å². The van der Waals surface area contributed by atoms with Crippen molar-refractivity contribution in [2.24, 2.45) is 0 Å². The summed E-state index contributed by atoms with van der Waals surface area (Å²) in [6.45, 7) is 1.29. The van der Waals surface area contributed by atoms with Gasteiger partial charge in [0.15, 0.2) is 12.4 Å². The Balaban J connectivity index is 2.03. The van der Waals surface area contributed by atoms with Crippen LogP contribution in [0.25, 0.3) is 0 Å². The Morgan fingerprint density at radius 2 is 2.08 bits per heavy atom. The van der Waals surface area contributed by atoms with Crippen molar-refractivity contribution in [3.05, 3.63) is 50.2 Å². The molecule has 1 N–H and O–H groups in total. The van der Waals surface area contributed by atoms with Gasteiger partial charge in [0.05, 0.1) is 17.7 Å². The third kappa shape index (κ3) is 4.07. The normalized spacial score (nSPS) is 10.1. The first-order chi connectivity index (χ1) is 11.4. The summed E-state index contributed by atoms with van der Waals surface area (Å²) in [6, 6.07) is 6.00. The van der Waals surface area contributed by atoms with E-state index >= 15 is 0 Å². The van der Waals surface area contributed by atoms with Crippen LogP contribution < -0.4 is 10.1 Å². The molecule has 24 heavy (non-hydrogen) atoms. The number of nitro groups is 1. The highest BCUT2D eigenvalue weighted by atomic mass is 32.1. The van der Waals surface area contributed by atoms with Gasteiger partial charge in [-0.25, -0.2) is 4.79 Å². The molecule has 0 aliphatic carbocycles. The average Bonchev–Trinajstić information content (AvgIpc) is 3.00. The van der Waals surface area contributed by atoms with Crippen LogP contribution in [0.5, 0.6) is 5.75 Å². The predicted octanol–water partition coefficient (Wildman–Crippen LogP) is 2.77. The second kappa shape index (κ2) is 7.55. The molecule has 0 radical (unpaired) electrons. The third-order valence-electron chi connectivity index (χ3n) is 2.98. The van der Waals surface area contributed by atoms with Crippen LogP contribution in [0.1, 0.15) is 15.2 Å². The Morgan fingerprint density at radius 1 is 1.33 bits per heavy atom. The molecule has 0 aliphatic rings. The molecule has 1 amide bonds. The number of carbonyl (C=O) groups is 2. The highest BCUT2D eigenvalue weighted by Crippen LogP contribution is 2.28. The van der Waals surface area contributed by atoms with E-state index < -0.39 is 23.4 Å². The number of methoxy groups -OCH3 is 1. The lowest BCUT2D eigenvalue weighted by atomic mass is 10.2. The summed E-state index contributed by atoms with van der Waals surface area (Å²) in [5, 5.41) is 15.1. The van der Waals surface area contributed by atoms with Gasteiger partial charge < -0.3 is 14.8 Å². The number of anilines is 1. The first kappa shape index (κ1) is 17.4. The second-order valence-electron chi connectivity index (χ2n) is 4.72. The fraction of sp³-hybridized carbons (Fsp3) is 0.200. The fourth-order valence-corrected chi connectivity index (χ4v) is 2.65. The number of amides is 1. The first-order valence-electron chi connectivity index (χ1n) is 6.76. The zero-order valence-electron chi connectivity index (χ0n) is 12.9. The number of aryl methyl sites for hydroxylation is 1. The Morgan fingerprint density at radius 3 is 2.75 bits per heavy atom. The highest BCUT2D eigenvalue weighted by molar-refractivity contribution is 7.12. The molecule has 1 heterocycles. The molecule has 0 spiro atoms. The van der Waals surface area contributed by atoms with Crippen molar-refractivity contribution in [3.8, 4) is 5.75 Å². The van der Waals surface area contributed by atoms with Crippen LogP contribution in [-0.4, -0.2) is 30.5 Å². The maximum atomic E-state index is 11.9. The maximum absolute atomic E-state index is 11.9. The number of rotatable bonds is 6. The van der Waals surface area contributed by atoms with E-state index in [1.54, 1.807) is 24.4 Å². The Kier molecular flexibility index (Phi) is 5.48. The number of ether oxygens (including phenoxy) is 2. The quantitative estimate of drug-likeness (QED) is 0.487. The number of hydrogen-bond donors (Lipinski definition) is 1. The SMILES string of the molecule is COC(=O)c1sccc1NC(=O)COc1ccc(C)cc1[N+](=O)[O-]. The molecule has 0 saturated heterocycles. The molecular formula is C15H14N2O6S. The smallest absolute Gasteiger partial charge is 0.350 e. The van der Waals surface area contributed by atoms with Crippen molar-refractivity contribution in [2.75, 3.05) is 19.0 Å². The summed E-state index contributed by atoms with van der Waals surface area (Å²) in [5.41, 5.74) is 0.798. The molecular weight excluding hydrogens is 336 g/mol. The minimum Gasteiger partial charge on any atom is -0.477 e. The van der Waals surface area contributed by atoms with Gasteiger partial charge in [-0.3, -0.25) is 14.9 Å². The number of benzene rings is 1. The van der Waals surface area contributed by atoms with E-state index in [0.29, 0.717) is 11.3 Å². The Bertz CT molecular complexity index is 786. The molecule has 9 heteroatoms. The lowest BCUT2D eigenvalue weighted by Gasteiger charge is -2.08. The molecule has 2 aromatic rings. The largest absolute Gasteiger partial charge is 0.477 e. The van der Waals surface area contributed by atoms with E-state index in [0.717, 1.165) is 11.3 Å². The van der Waals surface area contributed by atoms with Crippen molar-refractivity contribution in [3.63, 3.8) is 0 Å². The summed E-state index contributed by atoms with van der Waals surface area (Å²) in [7, 11) is 1.24. The van der Waals surface area contributed by atoms with Gasteiger partial charge in [0, 0.05) is 6.07 Å². The number of carbonyl (C=O) groups excluding carboxylic acids is 2. The number of nitrogens with zero attached hydrogens (tertiary/aromatic N) is 1. The molecule has 1 aromatic heterocycles. The minimum absolute atomic E-state index is 0.000685. The molecule has 126 valence electrons. The molecule has 0 saturated carbocycles. The average molecular weight is 350 g/mol. The molecule has 2 rings (SSSR count). The molecule has 0 atom stereocenters. The van der Waals surface area contributed by atoms with Gasteiger partial charge in [0.2, 0.25) is 0 Å². The van der Waals surface area contributed by atoms with Crippen LogP contribution in [0.2, 0.25) is 0 Å². The number of esters is 1. The topological polar surface area (TPSA) is 108 Å². The summed E-state index contributed by atoms with van der Waals surface area (Å²) < 4.78 is 9.84. The van der Waals surface area contributed by atoms with E-state index in [1.807, 2.05) is 0 Å². The number of nitrogens with one attached hydrogen (secondary N) is 1. The van der Waals surface area contributed by atoms with Gasteiger partial charge in [0.1, 0.15) is 4.88 Å². The van der Waals surface area contributed by atoms with Gasteiger partial charge in [-0.2, -0.15) is 0 Å². The lowest BCUT2D eigenvalue weighted by Crippen LogP contribution is -2.21. The highest BCUT2D eigenvalue weighted by Gasteiger charge is 2.18. The Labute approximate surface area is 141 Å². The van der Waals surface area contributed by atoms with Crippen molar-refractivity contribution >= 4 is 34.6 Å². The predicted molar refractivity (Wildman–Crippen MR) is 87.6 cm³/mol. The van der Waals surface area contributed by atoms with Crippen LogP contribution >= 0.6 is 11.3 Å². The zero-order valence-corrected chi connectivity index (χ0v) is 13.7. The van der Waals surface area contributed by atoms with Crippen molar-refractivity contribution in [2.45, 2.75) is 6.92 Å².